The van der Waals surface area contributed by atoms with E-state index in [0.717, 1.165) is 4.90 Å². The van der Waals surface area contributed by atoms with Gasteiger partial charge in [0.2, 0.25) is 17.7 Å². The van der Waals surface area contributed by atoms with Gasteiger partial charge in [-0.1, -0.05) is 0 Å². The Hall–Kier alpha value is -4.02. The highest BCUT2D eigenvalue weighted by atomic mass is 19.4. The van der Waals surface area contributed by atoms with Crippen molar-refractivity contribution in [2.24, 2.45) is 0 Å². The molecule has 254 valence electrons. The largest absolute Gasteiger partial charge is 0.437 e. The molecular weight excluding hydrogens is 635 g/mol. The van der Waals surface area contributed by atoms with E-state index >= 15 is 0 Å². The summed E-state index contributed by atoms with van der Waals surface area (Å²) >= 11 is 0. The van der Waals surface area contributed by atoms with E-state index in [9.17, 15) is 35.5 Å². The highest BCUT2D eigenvalue weighted by Crippen LogP contribution is 2.41. The molecule has 9 nitrogen and oxygen atoms in total. The molecule has 1 aromatic heterocycles. The summed E-state index contributed by atoms with van der Waals surface area (Å²) in [6, 6.07) is 6.27. The highest BCUT2D eigenvalue weighted by molar-refractivity contribution is 6.01. The van der Waals surface area contributed by atoms with Gasteiger partial charge in [-0.3, -0.25) is 9.69 Å². The molecule has 0 bridgehead atoms. The summed E-state index contributed by atoms with van der Waals surface area (Å²) in [7, 11) is 1.33. The van der Waals surface area contributed by atoms with E-state index in [1.807, 2.05) is 9.80 Å². The average Bonchev–Trinajstić information content (AvgIpc) is 3.05. The number of hydrogen-bond donors (Lipinski definition) is 2. The molecule has 2 fully saturated rings. The molecule has 16 heteroatoms. The van der Waals surface area contributed by atoms with Crippen molar-refractivity contribution in [3.63, 3.8) is 0 Å². The number of aromatic nitrogens is 2. The van der Waals surface area contributed by atoms with Gasteiger partial charge in [-0.25, -0.2) is 9.37 Å². The summed E-state index contributed by atoms with van der Waals surface area (Å²) in [4.78, 5) is 28.3. The molecule has 1 atom stereocenters. The van der Waals surface area contributed by atoms with Gasteiger partial charge in [-0.2, -0.15) is 31.3 Å². The van der Waals surface area contributed by atoms with Crippen molar-refractivity contribution < 1.29 is 40.3 Å². The van der Waals surface area contributed by atoms with Gasteiger partial charge < -0.3 is 25.2 Å². The number of anilines is 2. The van der Waals surface area contributed by atoms with Gasteiger partial charge in [-0.05, 0) is 55.0 Å². The third kappa shape index (κ3) is 7.93. The zero-order chi connectivity index (χ0) is 34.0. The molecule has 2 N–H and O–H groups in total. The maximum atomic E-state index is 14.5. The molecule has 3 aromatic rings. The van der Waals surface area contributed by atoms with Crippen LogP contribution in [0.25, 0.3) is 0 Å². The smallest absolute Gasteiger partial charge is 0.416 e. The predicted molar refractivity (Wildman–Crippen MR) is 160 cm³/mol. The number of likely N-dealkylation sites (N-methyl/N-ethyl adjacent to an activating group) is 1. The van der Waals surface area contributed by atoms with Crippen molar-refractivity contribution >= 4 is 17.5 Å². The van der Waals surface area contributed by atoms with Crippen LogP contribution < -0.4 is 25.2 Å². The van der Waals surface area contributed by atoms with E-state index in [1.54, 1.807) is 0 Å². The second-order valence-corrected chi connectivity index (χ2v) is 11.7. The fraction of sp³-hybridized carbons (Fsp3) is 0.452. The molecule has 0 saturated carbocycles. The Morgan fingerprint density at radius 1 is 0.872 bits per heavy atom. The number of carbonyl (C=O) groups excluding carboxylic acids is 1. The first kappa shape index (κ1) is 34.3. The average molecular weight is 670 g/mol. The Balaban J connectivity index is 1.60. The lowest BCUT2D eigenvalue weighted by molar-refractivity contribution is -0.143. The van der Waals surface area contributed by atoms with Crippen molar-refractivity contribution in [1.29, 1.82) is 0 Å². The number of carbonyl (C=O) groups is 1. The Labute approximate surface area is 266 Å². The molecule has 1 unspecified atom stereocenters. The summed E-state index contributed by atoms with van der Waals surface area (Å²) in [5.41, 5.74) is -5.39. The summed E-state index contributed by atoms with van der Waals surface area (Å²) in [6.07, 6.45) is -8.89. The Morgan fingerprint density at radius 3 is 1.96 bits per heavy atom. The lowest BCUT2D eigenvalue weighted by atomic mass is 9.78. The van der Waals surface area contributed by atoms with Crippen LogP contribution in [0.15, 0.2) is 48.7 Å². The van der Waals surface area contributed by atoms with Crippen molar-refractivity contribution in [2.75, 3.05) is 75.8 Å². The van der Waals surface area contributed by atoms with Crippen LogP contribution in [0.3, 0.4) is 0 Å². The van der Waals surface area contributed by atoms with Crippen molar-refractivity contribution in [3.8, 4) is 11.6 Å². The monoisotopic (exact) mass is 669 g/mol. The zero-order valence-corrected chi connectivity index (χ0v) is 25.7. The maximum Gasteiger partial charge on any atom is 0.416 e. The Morgan fingerprint density at radius 2 is 1.40 bits per heavy atom. The second kappa shape index (κ2) is 13.6. The molecule has 2 aliphatic rings. The van der Waals surface area contributed by atoms with Gasteiger partial charge in [0.05, 0.1) is 22.7 Å². The lowest BCUT2D eigenvalue weighted by Gasteiger charge is -2.39. The van der Waals surface area contributed by atoms with Crippen LogP contribution in [-0.2, 0) is 22.6 Å². The van der Waals surface area contributed by atoms with Crippen LogP contribution in [0, 0.1) is 5.82 Å². The lowest BCUT2D eigenvalue weighted by Crippen LogP contribution is -2.54. The van der Waals surface area contributed by atoms with Gasteiger partial charge in [0.1, 0.15) is 17.3 Å². The van der Waals surface area contributed by atoms with Crippen molar-refractivity contribution in [1.82, 2.24) is 25.5 Å². The minimum Gasteiger partial charge on any atom is -0.437 e. The summed E-state index contributed by atoms with van der Waals surface area (Å²) in [5.74, 6) is -0.984. The number of rotatable bonds is 8. The van der Waals surface area contributed by atoms with Gasteiger partial charge in [0.25, 0.3) is 0 Å². The number of hydrogen-bond acceptors (Lipinski definition) is 8. The van der Waals surface area contributed by atoms with Crippen LogP contribution in [0.2, 0.25) is 0 Å². The molecule has 5 rings (SSSR count). The quantitative estimate of drug-likeness (QED) is 0.335. The van der Waals surface area contributed by atoms with Crippen LogP contribution in [0.4, 0.5) is 42.4 Å². The first-order valence-corrected chi connectivity index (χ1v) is 14.9. The van der Waals surface area contributed by atoms with E-state index in [-0.39, 0.29) is 35.9 Å². The number of ether oxygens (including phenoxy) is 1. The first-order valence-electron chi connectivity index (χ1n) is 14.9. The number of amides is 1. The molecule has 0 spiro atoms. The fourth-order valence-electron chi connectivity index (χ4n) is 5.64. The van der Waals surface area contributed by atoms with E-state index in [2.05, 4.69) is 20.6 Å². The van der Waals surface area contributed by atoms with Gasteiger partial charge in [0, 0.05) is 66.0 Å². The maximum absolute atomic E-state index is 14.5. The number of nitrogens with one attached hydrogen (secondary N) is 2. The zero-order valence-electron chi connectivity index (χ0n) is 25.7. The molecule has 3 heterocycles. The van der Waals surface area contributed by atoms with E-state index in [1.165, 1.54) is 44.4 Å². The Kier molecular flexibility index (Phi) is 9.94. The number of piperazine rings is 2. The third-order valence-corrected chi connectivity index (χ3v) is 8.26. The molecule has 2 saturated heterocycles. The molecule has 0 aliphatic carbocycles. The van der Waals surface area contributed by atoms with Crippen LogP contribution in [0.5, 0.6) is 11.6 Å². The topological polar surface area (TPSA) is 85.9 Å². The van der Waals surface area contributed by atoms with Gasteiger partial charge in [-0.15, -0.1) is 0 Å². The predicted octanol–water partition coefficient (Wildman–Crippen LogP) is 4.68. The van der Waals surface area contributed by atoms with Crippen LogP contribution in [-0.4, -0.2) is 86.7 Å². The molecule has 2 aliphatic heterocycles. The van der Waals surface area contributed by atoms with Gasteiger partial charge >= 0.3 is 12.4 Å². The Bertz CT molecular complexity index is 1520. The number of alkyl halides is 6. The van der Waals surface area contributed by atoms with Crippen molar-refractivity contribution in [3.05, 3.63) is 71.2 Å². The number of halogens is 7. The van der Waals surface area contributed by atoms with Gasteiger partial charge in [0.15, 0.2) is 0 Å². The summed E-state index contributed by atoms with van der Waals surface area (Å²) < 4.78 is 103. The first-order chi connectivity index (χ1) is 22.1. The third-order valence-electron chi connectivity index (χ3n) is 8.26. The minimum absolute atomic E-state index is 0.00719. The van der Waals surface area contributed by atoms with Crippen molar-refractivity contribution in [2.45, 2.75) is 24.7 Å². The fourth-order valence-corrected chi connectivity index (χ4v) is 5.64. The normalized spacial score (nSPS) is 17.7. The molecular formula is C31H34F7N7O2. The molecule has 2 aromatic carbocycles. The molecule has 1 amide bonds. The summed E-state index contributed by atoms with van der Waals surface area (Å²) in [6.45, 7) is 5.51. The van der Waals surface area contributed by atoms with Crippen LogP contribution in [0.1, 0.15) is 23.6 Å². The highest BCUT2D eigenvalue weighted by Gasteiger charge is 2.44. The van der Waals surface area contributed by atoms with E-state index in [0.29, 0.717) is 64.5 Å². The number of benzene rings is 2. The molecule has 0 radical (unpaired) electrons. The van der Waals surface area contributed by atoms with E-state index in [4.69, 9.17) is 4.74 Å². The number of nitrogens with zero attached hydrogens (tertiary/aromatic N) is 5. The van der Waals surface area contributed by atoms with E-state index < -0.39 is 46.2 Å². The summed E-state index contributed by atoms with van der Waals surface area (Å²) in [5, 5.41) is 6.36. The van der Waals surface area contributed by atoms with Crippen LogP contribution >= 0.6 is 0 Å². The minimum atomic E-state index is -5.11. The standard InChI is InChI=1S/C31H34F7N7O2/c1-29(19-44-11-7-39-8-12-44,20-15-21(30(33,34)35)17-22(16-20)31(36,37)38)27(46)43(2)25-18-41-28(45-13-9-40-10-14-45)42-26(25)47-24-5-3-23(32)4-6-24/h3-6,15-18,39-40H,7-14,19H2,1-2H3. The second-order valence-electron chi connectivity index (χ2n) is 11.7. The SMILES string of the molecule is CN(C(=O)C(C)(CN1CCNCC1)c1cc(C(F)(F)F)cc(C(F)(F)F)c1)c1cnc(N2CCNCC2)nc1Oc1ccc(F)cc1. The molecule has 47 heavy (non-hydrogen) atoms.